The van der Waals surface area contributed by atoms with E-state index in [1.807, 2.05) is 6.92 Å². The minimum absolute atomic E-state index is 0.558. The van der Waals surface area contributed by atoms with Crippen LogP contribution in [0.25, 0.3) is 0 Å². The number of aryl methyl sites for hydroxylation is 2. The van der Waals surface area contributed by atoms with E-state index in [-0.39, 0.29) is 0 Å². The summed E-state index contributed by atoms with van der Waals surface area (Å²) >= 11 is 1.74. The van der Waals surface area contributed by atoms with Crippen LogP contribution < -0.4 is 5.32 Å². The zero-order valence-electron chi connectivity index (χ0n) is 10.1. The molecule has 90 valence electrons. The molecule has 2 heterocycles. The van der Waals surface area contributed by atoms with E-state index in [9.17, 15) is 0 Å². The molecule has 1 atom stereocenters. The molecule has 1 aliphatic rings. The number of rotatable bonds is 4. The second kappa shape index (κ2) is 5.75. The third-order valence-electron chi connectivity index (χ3n) is 2.96. The zero-order chi connectivity index (χ0) is 11.4. The van der Waals surface area contributed by atoms with E-state index in [4.69, 9.17) is 4.74 Å². The van der Waals surface area contributed by atoms with Gasteiger partial charge in [0.1, 0.15) is 0 Å². The lowest BCUT2D eigenvalue weighted by atomic mass is 10.1. The van der Waals surface area contributed by atoms with Gasteiger partial charge in [-0.25, -0.2) is 4.98 Å². The summed E-state index contributed by atoms with van der Waals surface area (Å²) < 4.78 is 5.76. The first-order valence-corrected chi connectivity index (χ1v) is 6.81. The fraction of sp³-hybridized carbons (Fsp3) is 0.750. The topological polar surface area (TPSA) is 34.1 Å². The Bertz CT molecular complexity index is 332. The minimum atomic E-state index is 0.558. The Morgan fingerprint density at radius 1 is 1.44 bits per heavy atom. The standard InChI is InChI=1S/C12H20N2OS/c1-9-12(16-10(2)14-9)8-15-7-11-5-3-4-6-13-11/h11,13H,3-8H2,1-2H3. The van der Waals surface area contributed by atoms with Crippen LogP contribution in [-0.2, 0) is 11.3 Å². The molecule has 0 saturated carbocycles. The van der Waals surface area contributed by atoms with Gasteiger partial charge in [0, 0.05) is 6.04 Å². The molecule has 1 N–H and O–H groups in total. The molecule has 0 amide bonds. The Labute approximate surface area is 101 Å². The van der Waals surface area contributed by atoms with Crippen LogP contribution in [-0.4, -0.2) is 24.2 Å². The molecule has 1 fully saturated rings. The summed E-state index contributed by atoms with van der Waals surface area (Å²) in [6, 6.07) is 0.558. The predicted octanol–water partition coefficient (Wildman–Crippen LogP) is 2.42. The fourth-order valence-corrected chi connectivity index (χ4v) is 2.94. The van der Waals surface area contributed by atoms with Gasteiger partial charge in [0.2, 0.25) is 0 Å². The van der Waals surface area contributed by atoms with Crippen LogP contribution in [0.15, 0.2) is 0 Å². The summed E-state index contributed by atoms with van der Waals surface area (Å²) in [4.78, 5) is 5.67. The molecule has 0 aromatic carbocycles. The summed E-state index contributed by atoms with van der Waals surface area (Å²) in [7, 11) is 0. The van der Waals surface area contributed by atoms with Gasteiger partial charge in [-0.3, -0.25) is 0 Å². The van der Waals surface area contributed by atoms with Crippen LogP contribution >= 0.6 is 11.3 Å². The number of hydrogen-bond donors (Lipinski definition) is 1. The summed E-state index contributed by atoms with van der Waals surface area (Å²) in [5, 5.41) is 4.62. The van der Waals surface area contributed by atoms with E-state index in [1.54, 1.807) is 11.3 Å². The Morgan fingerprint density at radius 2 is 2.31 bits per heavy atom. The van der Waals surface area contributed by atoms with Gasteiger partial charge in [-0.05, 0) is 33.2 Å². The average molecular weight is 240 g/mol. The first-order chi connectivity index (χ1) is 7.75. The zero-order valence-corrected chi connectivity index (χ0v) is 10.9. The van der Waals surface area contributed by atoms with Gasteiger partial charge < -0.3 is 10.1 Å². The number of nitrogens with zero attached hydrogens (tertiary/aromatic N) is 1. The third kappa shape index (κ3) is 3.27. The summed E-state index contributed by atoms with van der Waals surface area (Å²) in [5.41, 5.74) is 1.12. The molecule has 1 saturated heterocycles. The van der Waals surface area contributed by atoms with Crippen LogP contribution in [0.3, 0.4) is 0 Å². The van der Waals surface area contributed by atoms with Crippen molar-refractivity contribution in [2.24, 2.45) is 0 Å². The molecule has 1 aliphatic heterocycles. The maximum absolute atomic E-state index is 5.76. The van der Waals surface area contributed by atoms with Crippen molar-refractivity contribution in [3.8, 4) is 0 Å². The molecular formula is C12H20N2OS. The van der Waals surface area contributed by atoms with E-state index in [1.165, 1.54) is 24.1 Å². The molecule has 1 aromatic heterocycles. The fourth-order valence-electron chi connectivity index (χ4n) is 2.07. The Morgan fingerprint density at radius 3 is 2.94 bits per heavy atom. The second-order valence-corrected chi connectivity index (χ2v) is 5.69. The lowest BCUT2D eigenvalue weighted by Gasteiger charge is -2.23. The first-order valence-electron chi connectivity index (χ1n) is 6.00. The Kier molecular flexibility index (Phi) is 4.32. The highest BCUT2D eigenvalue weighted by Crippen LogP contribution is 2.18. The molecule has 0 bridgehead atoms. The van der Waals surface area contributed by atoms with Gasteiger partial charge in [0.05, 0.1) is 28.8 Å². The average Bonchev–Trinajstić information content (AvgIpc) is 2.59. The minimum Gasteiger partial charge on any atom is -0.374 e. The van der Waals surface area contributed by atoms with Gasteiger partial charge >= 0.3 is 0 Å². The van der Waals surface area contributed by atoms with Crippen molar-refractivity contribution >= 4 is 11.3 Å². The highest BCUT2D eigenvalue weighted by Gasteiger charge is 2.13. The number of ether oxygens (including phenoxy) is 1. The number of nitrogens with one attached hydrogen (secondary N) is 1. The third-order valence-corrected chi connectivity index (χ3v) is 4.01. The van der Waals surface area contributed by atoms with Crippen molar-refractivity contribution in [1.82, 2.24) is 10.3 Å². The highest BCUT2D eigenvalue weighted by molar-refractivity contribution is 7.11. The smallest absolute Gasteiger partial charge is 0.0900 e. The molecule has 3 nitrogen and oxygen atoms in total. The molecule has 1 aromatic rings. The Hall–Kier alpha value is -0.450. The quantitative estimate of drug-likeness (QED) is 0.877. The van der Waals surface area contributed by atoms with Crippen molar-refractivity contribution in [3.63, 3.8) is 0 Å². The van der Waals surface area contributed by atoms with Gasteiger partial charge in [0.25, 0.3) is 0 Å². The van der Waals surface area contributed by atoms with E-state index in [0.717, 1.165) is 30.5 Å². The number of thiazole rings is 1. The van der Waals surface area contributed by atoms with Crippen LogP contribution in [0.2, 0.25) is 0 Å². The van der Waals surface area contributed by atoms with Crippen LogP contribution in [0.4, 0.5) is 0 Å². The number of aromatic nitrogens is 1. The predicted molar refractivity (Wildman–Crippen MR) is 66.9 cm³/mol. The summed E-state index contributed by atoms with van der Waals surface area (Å²) in [6.07, 6.45) is 3.89. The lowest BCUT2D eigenvalue weighted by molar-refractivity contribution is 0.0924. The normalized spacial score (nSPS) is 21.2. The maximum Gasteiger partial charge on any atom is 0.0900 e. The molecule has 0 spiro atoms. The first kappa shape index (κ1) is 12.0. The summed E-state index contributed by atoms with van der Waals surface area (Å²) in [5.74, 6) is 0. The van der Waals surface area contributed by atoms with E-state index in [0.29, 0.717) is 6.04 Å². The number of hydrogen-bond acceptors (Lipinski definition) is 4. The van der Waals surface area contributed by atoms with Gasteiger partial charge in [-0.1, -0.05) is 6.42 Å². The van der Waals surface area contributed by atoms with Crippen LogP contribution in [0.1, 0.15) is 34.8 Å². The SMILES string of the molecule is Cc1nc(C)c(COCC2CCCCN2)s1. The Balaban J connectivity index is 1.73. The molecule has 0 aliphatic carbocycles. The molecular weight excluding hydrogens is 220 g/mol. The largest absolute Gasteiger partial charge is 0.374 e. The highest BCUT2D eigenvalue weighted by atomic mass is 32.1. The van der Waals surface area contributed by atoms with Crippen molar-refractivity contribution in [2.75, 3.05) is 13.2 Å². The number of piperidine rings is 1. The van der Waals surface area contributed by atoms with E-state index < -0.39 is 0 Å². The monoisotopic (exact) mass is 240 g/mol. The molecule has 16 heavy (non-hydrogen) atoms. The van der Waals surface area contributed by atoms with Crippen LogP contribution in [0, 0.1) is 13.8 Å². The molecule has 2 rings (SSSR count). The molecule has 0 radical (unpaired) electrons. The van der Waals surface area contributed by atoms with Crippen LogP contribution in [0.5, 0.6) is 0 Å². The van der Waals surface area contributed by atoms with Gasteiger partial charge in [-0.15, -0.1) is 11.3 Å². The van der Waals surface area contributed by atoms with Gasteiger partial charge in [0.15, 0.2) is 0 Å². The van der Waals surface area contributed by atoms with Gasteiger partial charge in [-0.2, -0.15) is 0 Å². The van der Waals surface area contributed by atoms with E-state index in [2.05, 4.69) is 17.2 Å². The lowest BCUT2D eigenvalue weighted by Crippen LogP contribution is -2.37. The summed E-state index contributed by atoms with van der Waals surface area (Å²) in [6.45, 7) is 6.80. The maximum atomic E-state index is 5.76. The van der Waals surface area contributed by atoms with Crippen molar-refractivity contribution < 1.29 is 4.74 Å². The van der Waals surface area contributed by atoms with E-state index >= 15 is 0 Å². The van der Waals surface area contributed by atoms with Crippen molar-refractivity contribution in [1.29, 1.82) is 0 Å². The van der Waals surface area contributed by atoms with Crippen molar-refractivity contribution in [3.05, 3.63) is 15.6 Å². The molecule has 4 heteroatoms. The molecule has 1 unspecified atom stereocenters. The second-order valence-electron chi connectivity index (χ2n) is 4.40. The van der Waals surface area contributed by atoms with Crippen molar-refractivity contribution in [2.45, 2.75) is 45.8 Å².